The Hall–Kier alpha value is -2.28. The molecule has 1 aromatic heterocycles. The van der Waals surface area contributed by atoms with E-state index in [-0.39, 0.29) is 5.91 Å². The zero-order chi connectivity index (χ0) is 20.8. The van der Waals surface area contributed by atoms with Gasteiger partial charge in [0.1, 0.15) is 5.69 Å². The van der Waals surface area contributed by atoms with Crippen molar-refractivity contribution in [2.45, 2.75) is 12.8 Å². The van der Waals surface area contributed by atoms with E-state index in [0.29, 0.717) is 46.6 Å². The second-order valence-corrected chi connectivity index (χ2v) is 7.96. The Morgan fingerprint density at radius 3 is 2.52 bits per heavy atom. The molecule has 1 amide bonds. The number of hydrogen-bond donors (Lipinski definition) is 1. The van der Waals surface area contributed by atoms with E-state index in [9.17, 15) is 4.79 Å². The fourth-order valence-electron chi connectivity index (χ4n) is 2.80. The number of nitrogens with zero attached hydrogens (tertiary/aromatic N) is 1. The summed E-state index contributed by atoms with van der Waals surface area (Å²) in [6.45, 7) is 0.484. The van der Waals surface area contributed by atoms with Crippen LogP contribution < -0.4 is 14.8 Å². The molecule has 0 saturated carbocycles. The van der Waals surface area contributed by atoms with E-state index in [1.165, 1.54) is 11.3 Å². The number of halogens is 2. The first kappa shape index (κ1) is 21.4. The number of carbonyl (C=O) groups excluding carboxylic acids is 1. The summed E-state index contributed by atoms with van der Waals surface area (Å²) in [6.07, 6.45) is 1.15. The molecular weight excluding hydrogens is 431 g/mol. The maximum Gasteiger partial charge on any atom is 0.270 e. The molecule has 1 heterocycles. The Kier molecular flexibility index (Phi) is 7.36. The second-order valence-electron chi connectivity index (χ2n) is 6.20. The number of ether oxygens (including phenoxy) is 2. The van der Waals surface area contributed by atoms with Gasteiger partial charge in [-0.05, 0) is 41.8 Å². The van der Waals surface area contributed by atoms with Gasteiger partial charge in [-0.25, -0.2) is 4.98 Å². The van der Waals surface area contributed by atoms with E-state index in [4.69, 9.17) is 32.7 Å². The van der Waals surface area contributed by atoms with Gasteiger partial charge in [0.25, 0.3) is 5.91 Å². The van der Waals surface area contributed by atoms with Crippen LogP contribution in [0, 0.1) is 0 Å². The first-order valence-electron chi connectivity index (χ1n) is 8.88. The molecule has 8 heteroatoms. The van der Waals surface area contributed by atoms with Crippen molar-refractivity contribution in [2.24, 2.45) is 0 Å². The van der Waals surface area contributed by atoms with Crippen LogP contribution in [0.3, 0.4) is 0 Å². The van der Waals surface area contributed by atoms with Gasteiger partial charge in [-0.3, -0.25) is 4.79 Å². The van der Waals surface area contributed by atoms with Gasteiger partial charge in [-0.2, -0.15) is 0 Å². The third kappa shape index (κ3) is 5.41. The van der Waals surface area contributed by atoms with Crippen molar-refractivity contribution < 1.29 is 14.3 Å². The van der Waals surface area contributed by atoms with Crippen molar-refractivity contribution in [3.8, 4) is 11.5 Å². The molecule has 2 aromatic carbocycles. The normalized spacial score (nSPS) is 10.6. The van der Waals surface area contributed by atoms with E-state index in [2.05, 4.69) is 10.3 Å². The lowest BCUT2D eigenvalue weighted by Gasteiger charge is -2.09. The van der Waals surface area contributed by atoms with Gasteiger partial charge in [0.2, 0.25) is 0 Å². The Balaban J connectivity index is 1.57. The Bertz CT molecular complexity index is 987. The maximum atomic E-state index is 12.4. The molecule has 29 heavy (non-hydrogen) atoms. The Labute approximate surface area is 183 Å². The Morgan fingerprint density at radius 1 is 1.10 bits per heavy atom. The topological polar surface area (TPSA) is 60.5 Å². The van der Waals surface area contributed by atoms with Crippen LogP contribution in [0.5, 0.6) is 11.5 Å². The summed E-state index contributed by atoms with van der Waals surface area (Å²) >= 11 is 13.8. The molecule has 0 atom stereocenters. The summed E-state index contributed by atoms with van der Waals surface area (Å²) < 4.78 is 10.5. The predicted molar refractivity (Wildman–Crippen MR) is 117 cm³/mol. The summed E-state index contributed by atoms with van der Waals surface area (Å²) in [5.74, 6) is 1.13. The van der Waals surface area contributed by atoms with Gasteiger partial charge in [0.05, 0.1) is 19.2 Å². The minimum Gasteiger partial charge on any atom is -0.493 e. The summed E-state index contributed by atoms with van der Waals surface area (Å²) in [5, 5.41) is 6.60. The molecule has 5 nitrogen and oxygen atoms in total. The minimum absolute atomic E-state index is 0.210. The fourth-order valence-corrected chi connectivity index (χ4v) is 4.11. The number of nitrogens with one attached hydrogen (secondary N) is 1. The lowest BCUT2D eigenvalue weighted by molar-refractivity contribution is 0.0949. The largest absolute Gasteiger partial charge is 0.493 e. The average Bonchev–Trinajstić information content (AvgIpc) is 3.19. The van der Waals surface area contributed by atoms with Crippen LogP contribution in [-0.4, -0.2) is 31.7 Å². The summed E-state index contributed by atoms with van der Waals surface area (Å²) in [7, 11) is 3.19. The van der Waals surface area contributed by atoms with Crippen LogP contribution in [0.1, 0.15) is 26.6 Å². The van der Waals surface area contributed by atoms with E-state index < -0.39 is 0 Å². The Morgan fingerprint density at radius 2 is 1.83 bits per heavy atom. The van der Waals surface area contributed by atoms with E-state index in [1.54, 1.807) is 37.8 Å². The number of thiazole rings is 1. The smallest absolute Gasteiger partial charge is 0.270 e. The first-order valence-corrected chi connectivity index (χ1v) is 10.5. The molecule has 0 bridgehead atoms. The lowest BCUT2D eigenvalue weighted by Crippen LogP contribution is -2.26. The number of aromatic nitrogens is 1. The molecule has 0 fully saturated rings. The molecule has 0 spiro atoms. The van der Waals surface area contributed by atoms with Crippen LogP contribution in [0.2, 0.25) is 10.0 Å². The highest BCUT2D eigenvalue weighted by atomic mass is 35.5. The van der Waals surface area contributed by atoms with Crippen molar-refractivity contribution in [1.82, 2.24) is 10.3 Å². The minimum atomic E-state index is -0.210. The zero-order valence-electron chi connectivity index (χ0n) is 16.0. The highest BCUT2D eigenvalue weighted by Gasteiger charge is 2.13. The van der Waals surface area contributed by atoms with Crippen LogP contribution in [0.25, 0.3) is 0 Å². The third-order valence-corrected chi connectivity index (χ3v) is 5.88. The van der Waals surface area contributed by atoms with Gasteiger partial charge in [0, 0.05) is 28.4 Å². The highest BCUT2D eigenvalue weighted by Crippen LogP contribution is 2.28. The number of hydrogen-bond acceptors (Lipinski definition) is 5. The standard InChI is InChI=1S/C21H20Cl2N2O3S/c1-27-18-7-6-13(10-19(18)28-2)8-9-24-21(26)17-12-29-20(25-17)11-14-15(22)4-3-5-16(14)23/h3-7,10,12H,8-9,11H2,1-2H3,(H,24,26). The summed E-state index contributed by atoms with van der Waals surface area (Å²) in [6, 6.07) is 11.1. The molecule has 0 radical (unpaired) electrons. The number of rotatable bonds is 8. The number of benzene rings is 2. The zero-order valence-corrected chi connectivity index (χ0v) is 18.3. The van der Waals surface area contributed by atoms with Crippen LogP contribution in [0.4, 0.5) is 0 Å². The molecule has 0 aliphatic rings. The first-order chi connectivity index (χ1) is 14.0. The fraction of sp³-hybridized carbons (Fsp3) is 0.238. The van der Waals surface area contributed by atoms with Gasteiger partial charge >= 0.3 is 0 Å². The van der Waals surface area contributed by atoms with Crippen LogP contribution in [0.15, 0.2) is 41.8 Å². The number of amides is 1. The highest BCUT2D eigenvalue weighted by molar-refractivity contribution is 7.09. The van der Waals surface area contributed by atoms with Crippen molar-refractivity contribution >= 4 is 40.4 Å². The SMILES string of the molecule is COc1ccc(CCNC(=O)c2csc(Cc3c(Cl)cccc3Cl)n2)cc1OC. The van der Waals surface area contributed by atoms with Crippen LogP contribution >= 0.6 is 34.5 Å². The lowest BCUT2D eigenvalue weighted by atomic mass is 10.1. The molecule has 3 rings (SSSR count). The molecule has 1 N–H and O–H groups in total. The average molecular weight is 451 g/mol. The van der Waals surface area contributed by atoms with Crippen molar-refractivity contribution in [1.29, 1.82) is 0 Å². The summed E-state index contributed by atoms with van der Waals surface area (Å²) in [5.41, 5.74) is 2.24. The molecule has 0 unspecified atom stereocenters. The number of carbonyl (C=O) groups is 1. The van der Waals surface area contributed by atoms with Crippen molar-refractivity contribution in [2.75, 3.05) is 20.8 Å². The van der Waals surface area contributed by atoms with Crippen molar-refractivity contribution in [3.05, 3.63) is 73.7 Å². The molecule has 0 aliphatic heterocycles. The van der Waals surface area contributed by atoms with Crippen LogP contribution in [-0.2, 0) is 12.8 Å². The monoisotopic (exact) mass is 450 g/mol. The molecule has 0 saturated heterocycles. The van der Waals surface area contributed by atoms with E-state index in [1.807, 2.05) is 18.2 Å². The predicted octanol–water partition coefficient (Wildman–Crippen LogP) is 5.03. The maximum absolute atomic E-state index is 12.4. The molecular formula is C21H20Cl2N2O3S. The quantitative estimate of drug-likeness (QED) is 0.522. The number of methoxy groups -OCH3 is 2. The van der Waals surface area contributed by atoms with Gasteiger partial charge in [-0.15, -0.1) is 11.3 Å². The van der Waals surface area contributed by atoms with Gasteiger partial charge < -0.3 is 14.8 Å². The van der Waals surface area contributed by atoms with E-state index in [0.717, 1.165) is 16.1 Å². The second kappa shape index (κ2) is 9.96. The van der Waals surface area contributed by atoms with E-state index >= 15 is 0 Å². The van der Waals surface area contributed by atoms with Gasteiger partial charge in [-0.1, -0.05) is 35.3 Å². The molecule has 3 aromatic rings. The van der Waals surface area contributed by atoms with Gasteiger partial charge in [0.15, 0.2) is 11.5 Å². The molecule has 152 valence electrons. The third-order valence-electron chi connectivity index (χ3n) is 4.32. The molecule has 0 aliphatic carbocycles. The summed E-state index contributed by atoms with van der Waals surface area (Å²) in [4.78, 5) is 16.8. The van der Waals surface area contributed by atoms with Crippen molar-refractivity contribution in [3.63, 3.8) is 0 Å².